The van der Waals surface area contributed by atoms with Crippen molar-refractivity contribution in [3.05, 3.63) is 11.5 Å². The highest BCUT2D eigenvalue weighted by atomic mass is 35.5. The van der Waals surface area contributed by atoms with Crippen LogP contribution in [0.1, 0.15) is 33.4 Å². The average Bonchev–Trinajstić information content (AvgIpc) is 3.07. The number of ether oxygens (including phenoxy) is 1. The van der Waals surface area contributed by atoms with E-state index < -0.39 is 26.8 Å². The topological polar surface area (TPSA) is 108 Å². The molecule has 0 radical (unpaired) electrons. The fourth-order valence-electron chi connectivity index (χ4n) is 2.65. The summed E-state index contributed by atoms with van der Waals surface area (Å²) in [5, 5.41) is 10.7. The number of aliphatic hydroxyl groups is 1. The van der Waals surface area contributed by atoms with Gasteiger partial charge in [-0.05, 0) is 18.1 Å². The molecule has 2 aromatic rings. The normalized spacial score (nSPS) is 24.5. The third kappa shape index (κ3) is 3.59. The molecule has 144 valence electrons. The van der Waals surface area contributed by atoms with Gasteiger partial charge in [0.15, 0.2) is 19.1 Å². The summed E-state index contributed by atoms with van der Waals surface area (Å²) in [5.74, 6) is 0.0700. The Labute approximate surface area is 158 Å². The Hall–Kier alpha value is -1.26. The molecule has 0 amide bonds. The molecule has 10 heteroatoms. The molecule has 1 aliphatic heterocycles. The summed E-state index contributed by atoms with van der Waals surface area (Å²) in [6.45, 7) is 11.3. The van der Waals surface area contributed by atoms with Crippen molar-refractivity contribution in [1.29, 1.82) is 0 Å². The molecule has 1 unspecified atom stereocenters. The maximum absolute atomic E-state index is 10.4. The molecule has 8 nitrogen and oxygen atoms in total. The number of rotatable bonds is 4. The molecule has 26 heavy (non-hydrogen) atoms. The minimum Gasteiger partial charge on any atom is -0.414 e. The molecular formula is C16H26ClN5O3Si. The molecule has 2 aromatic heterocycles. The number of aliphatic hydroxyl groups excluding tert-OH is 1. The van der Waals surface area contributed by atoms with E-state index in [1.54, 1.807) is 10.9 Å². The summed E-state index contributed by atoms with van der Waals surface area (Å²) in [7, 11) is -1.91. The molecule has 0 aliphatic carbocycles. The molecular weight excluding hydrogens is 374 g/mol. The van der Waals surface area contributed by atoms with Crippen LogP contribution in [-0.2, 0) is 9.16 Å². The van der Waals surface area contributed by atoms with Crippen LogP contribution in [0.4, 0.5) is 5.95 Å². The van der Waals surface area contributed by atoms with Gasteiger partial charge in [0.2, 0.25) is 5.95 Å². The van der Waals surface area contributed by atoms with Crippen LogP contribution in [-0.4, -0.2) is 51.8 Å². The molecule has 0 aromatic carbocycles. The second kappa shape index (κ2) is 6.72. The zero-order valence-electron chi connectivity index (χ0n) is 15.7. The second-order valence-corrected chi connectivity index (χ2v) is 13.4. The Morgan fingerprint density at radius 2 is 2.12 bits per heavy atom. The van der Waals surface area contributed by atoms with Crippen molar-refractivity contribution in [2.24, 2.45) is 0 Å². The Bertz CT molecular complexity index is 807. The molecule has 0 saturated carbocycles. The van der Waals surface area contributed by atoms with E-state index in [1.165, 1.54) is 0 Å². The first kappa shape index (κ1) is 19.5. The van der Waals surface area contributed by atoms with Gasteiger partial charge >= 0.3 is 0 Å². The number of fused-ring (bicyclic) bond motifs is 1. The number of hydrogen-bond donors (Lipinski definition) is 2. The van der Waals surface area contributed by atoms with Crippen molar-refractivity contribution in [3.8, 4) is 0 Å². The van der Waals surface area contributed by atoms with E-state index in [1.807, 2.05) is 0 Å². The van der Waals surface area contributed by atoms with E-state index in [4.69, 9.17) is 26.5 Å². The average molecular weight is 400 g/mol. The summed E-state index contributed by atoms with van der Waals surface area (Å²) in [6, 6.07) is 0. The first-order chi connectivity index (χ1) is 12.0. The highest BCUT2D eigenvalue weighted by molar-refractivity contribution is 6.74. The summed E-state index contributed by atoms with van der Waals surface area (Å²) >= 11 is 6.07. The summed E-state index contributed by atoms with van der Waals surface area (Å²) in [4.78, 5) is 12.3. The lowest BCUT2D eigenvalue weighted by atomic mass is 10.2. The minimum atomic E-state index is -1.91. The van der Waals surface area contributed by atoms with Gasteiger partial charge in [0, 0.05) is 6.42 Å². The Balaban J connectivity index is 1.75. The van der Waals surface area contributed by atoms with Gasteiger partial charge in [-0.2, -0.15) is 9.97 Å². The highest BCUT2D eigenvalue weighted by Gasteiger charge is 2.41. The van der Waals surface area contributed by atoms with Gasteiger partial charge in [-0.1, -0.05) is 32.4 Å². The number of imidazole rings is 1. The van der Waals surface area contributed by atoms with Crippen LogP contribution in [0.3, 0.4) is 0 Å². The molecule has 3 atom stereocenters. The molecule has 3 rings (SSSR count). The van der Waals surface area contributed by atoms with E-state index >= 15 is 0 Å². The maximum Gasteiger partial charge on any atom is 0.223 e. The standard InChI is InChI=1S/C16H26ClN5O3Si/c1-16(2,3)26(4,5)24-7-10-9(23)6-11(25-10)22-8-19-12-13(17)20-15(18)21-14(12)22/h8-11,23H,6-7H2,1-5H3,(H2,18,20,21)/t9?,10-,11-/m1/s1. The molecule has 3 heterocycles. The summed E-state index contributed by atoms with van der Waals surface area (Å²) < 4.78 is 14.0. The quantitative estimate of drug-likeness (QED) is 0.600. The van der Waals surface area contributed by atoms with E-state index in [2.05, 4.69) is 48.8 Å². The Morgan fingerprint density at radius 3 is 2.77 bits per heavy atom. The predicted molar refractivity (Wildman–Crippen MR) is 102 cm³/mol. The third-order valence-electron chi connectivity index (χ3n) is 5.33. The van der Waals surface area contributed by atoms with Gasteiger partial charge < -0.3 is 20.0 Å². The lowest BCUT2D eigenvalue weighted by molar-refractivity contribution is -0.0405. The molecule has 3 N–H and O–H groups in total. The van der Waals surface area contributed by atoms with E-state index in [0.717, 1.165) is 0 Å². The molecule has 1 fully saturated rings. The van der Waals surface area contributed by atoms with Gasteiger partial charge in [-0.15, -0.1) is 0 Å². The van der Waals surface area contributed by atoms with Crippen molar-refractivity contribution in [1.82, 2.24) is 19.5 Å². The summed E-state index contributed by atoms with van der Waals surface area (Å²) in [6.07, 6.45) is 0.559. The second-order valence-electron chi connectivity index (χ2n) is 8.20. The van der Waals surface area contributed by atoms with Gasteiger partial charge in [-0.25, -0.2) is 4.98 Å². The van der Waals surface area contributed by atoms with Crippen LogP contribution in [0.2, 0.25) is 23.3 Å². The zero-order chi connectivity index (χ0) is 19.3. The van der Waals surface area contributed by atoms with Crippen LogP contribution in [0.5, 0.6) is 0 Å². The van der Waals surface area contributed by atoms with Crippen LogP contribution in [0.15, 0.2) is 6.33 Å². The van der Waals surface area contributed by atoms with Crippen molar-refractivity contribution in [2.75, 3.05) is 12.3 Å². The van der Waals surface area contributed by atoms with E-state index in [9.17, 15) is 5.11 Å². The number of hydrogen-bond acceptors (Lipinski definition) is 7. The first-order valence-corrected chi connectivity index (χ1v) is 11.9. The number of anilines is 1. The largest absolute Gasteiger partial charge is 0.414 e. The molecule has 1 saturated heterocycles. The van der Waals surface area contributed by atoms with Crippen molar-refractivity contribution in [3.63, 3.8) is 0 Å². The highest BCUT2D eigenvalue weighted by Crippen LogP contribution is 2.38. The summed E-state index contributed by atoms with van der Waals surface area (Å²) in [5.41, 5.74) is 6.64. The fraction of sp³-hybridized carbons (Fsp3) is 0.688. The SMILES string of the molecule is CC(C)(C)[Si](C)(C)OC[C@H]1O[C@@H](n2cnc3c(Cl)nc(N)nc32)CC1O. The Kier molecular flexibility index (Phi) is 5.04. The van der Waals surface area contributed by atoms with Crippen molar-refractivity contribution < 1.29 is 14.3 Å². The van der Waals surface area contributed by atoms with Crippen LogP contribution in [0, 0.1) is 0 Å². The first-order valence-electron chi connectivity index (χ1n) is 8.62. The molecule has 0 bridgehead atoms. The van der Waals surface area contributed by atoms with Gasteiger partial charge in [0.1, 0.15) is 17.8 Å². The fourth-order valence-corrected chi connectivity index (χ4v) is 3.89. The number of nitrogens with zero attached hydrogens (tertiary/aromatic N) is 4. The lowest BCUT2D eigenvalue weighted by Crippen LogP contribution is -2.43. The molecule has 0 spiro atoms. The molecule has 1 aliphatic rings. The van der Waals surface area contributed by atoms with Crippen molar-refractivity contribution in [2.45, 2.75) is 63.8 Å². The van der Waals surface area contributed by atoms with Gasteiger partial charge in [0.05, 0.1) is 19.0 Å². The maximum atomic E-state index is 10.4. The predicted octanol–water partition coefficient (Wildman–Crippen LogP) is 2.73. The number of aromatic nitrogens is 4. The number of halogens is 1. The van der Waals surface area contributed by atoms with Gasteiger partial charge in [0.25, 0.3) is 0 Å². The zero-order valence-corrected chi connectivity index (χ0v) is 17.5. The number of nitrogen functional groups attached to an aromatic ring is 1. The lowest BCUT2D eigenvalue weighted by Gasteiger charge is -2.37. The van der Waals surface area contributed by atoms with E-state index in [0.29, 0.717) is 24.2 Å². The van der Waals surface area contributed by atoms with Crippen LogP contribution in [0.25, 0.3) is 11.2 Å². The van der Waals surface area contributed by atoms with Gasteiger partial charge in [-0.3, -0.25) is 4.57 Å². The van der Waals surface area contributed by atoms with Crippen molar-refractivity contribution >= 4 is 37.0 Å². The van der Waals surface area contributed by atoms with Crippen LogP contribution >= 0.6 is 11.6 Å². The monoisotopic (exact) mass is 399 g/mol. The number of nitrogens with two attached hydrogens (primary N) is 1. The third-order valence-corrected chi connectivity index (χ3v) is 10.1. The van der Waals surface area contributed by atoms with Crippen LogP contribution < -0.4 is 5.73 Å². The Morgan fingerprint density at radius 1 is 1.42 bits per heavy atom. The smallest absolute Gasteiger partial charge is 0.223 e. The minimum absolute atomic E-state index is 0.0700. The van der Waals surface area contributed by atoms with E-state index in [-0.39, 0.29) is 16.1 Å².